The molecule has 1 aliphatic heterocycles. The average molecular weight is 293 g/mol. The van der Waals surface area contributed by atoms with E-state index in [2.05, 4.69) is 11.4 Å². The summed E-state index contributed by atoms with van der Waals surface area (Å²) in [5.74, 6) is -2.68. The molecule has 1 aliphatic rings. The van der Waals surface area contributed by atoms with Gasteiger partial charge < -0.3 is 10.2 Å². The van der Waals surface area contributed by atoms with E-state index in [9.17, 15) is 18.8 Å². The summed E-state index contributed by atoms with van der Waals surface area (Å²) < 4.78 is 27.7. The highest BCUT2D eigenvalue weighted by Crippen LogP contribution is 2.23. The molecule has 1 heterocycles. The number of carbonyl (C=O) groups excluding carboxylic acids is 1. The van der Waals surface area contributed by atoms with Gasteiger partial charge in [-0.3, -0.25) is 4.79 Å². The molecule has 2 rings (SSSR count). The fraction of sp³-hybridized carbons (Fsp3) is 0.467. The quantitative estimate of drug-likeness (QED) is 0.907. The maximum absolute atomic E-state index is 14.0. The van der Waals surface area contributed by atoms with Crippen LogP contribution in [0.15, 0.2) is 12.1 Å². The van der Waals surface area contributed by atoms with E-state index in [1.165, 1.54) is 13.0 Å². The lowest BCUT2D eigenvalue weighted by atomic mass is 9.88. The van der Waals surface area contributed by atoms with Crippen LogP contribution >= 0.6 is 0 Å². The van der Waals surface area contributed by atoms with E-state index in [1.54, 1.807) is 0 Å². The summed E-state index contributed by atoms with van der Waals surface area (Å²) in [6.45, 7) is 2.75. The smallest absolute Gasteiger partial charge is 0.258 e. The summed E-state index contributed by atoms with van der Waals surface area (Å²) in [5, 5.41) is 11.9. The molecule has 0 radical (unpaired) electrons. The van der Waals surface area contributed by atoms with Crippen molar-refractivity contribution in [1.82, 2.24) is 10.2 Å². The Morgan fingerprint density at radius 3 is 2.57 bits per heavy atom. The predicted octanol–water partition coefficient (Wildman–Crippen LogP) is 1.99. The number of piperidine rings is 1. The number of likely N-dealkylation sites (tertiary alicyclic amines) is 1. The number of nitrogens with zero attached hydrogens (tertiary/aromatic N) is 2. The van der Waals surface area contributed by atoms with Crippen LogP contribution in [0, 0.1) is 29.9 Å². The Kier molecular flexibility index (Phi) is 4.24. The number of hydrogen-bond acceptors (Lipinski definition) is 3. The number of benzene rings is 1. The highest BCUT2D eigenvalue weighted by atomic mass is 19.1. The number of amides is 1. The van der Waals surface area contributed by atoms with Gasteiger partial charge in [0.2, 0.25) is 0 Å². The molecule has 21 heavy (non-hydrogen) atoms. The van der Waals surface area contributed by atoms with E-state index in [-0.39, 0.29) is 5.56 Å². The monoisotopic (exact) mass is 293 g/mol. The minimum atomic E-state index is -1.06. The number of nitrogens with one attached hydrogen (secondary N) is 1. The molecule has 1 fully saturated rings. The third-order valence-electron chi connectivity index (χ3n) is 3.92. The van der Waals surface area contributed by atoms with Crippen molar-refractivity contribution in [3.8, 4) is 6.07 Å². The van der Waals surface area contributed by atoms with Crippen molar-refractivity contribution in [2.45, 2.75) is 25.3 Å². The molecule has 1 aromatic carbocycles. The lowest BCUT2D eigenvalue weighted by Gasteiger charge is -2.36. The van der Waals surface area contributed by atoms with Crippen LogP contribution in [0.2, 0.25) is 0 Å². The Balaban J connectivity index is 2.26. The lowest BCUT2D eigenvalue weighted by molar-refractivity contribution is 0.0873. The maximum Gasteiger partial charge on any atom is 0.258 e. The Labute approximate surface area is 122 Å². The number of rotatable bonds is 2. The molecule has 0 saturated carbocycles. The average Bonchev–Trinajstić information content (AvgIpc) is 2.46. The standard InChI is InChI=1S/C15H17F2N3O/c1-10-3-4-11(16)12(13(10)17)14(21)19-15(9-18)5-7-20(2)8-6-15/h3-4H,5-8H2,1-2H3,(H,19,21). The predicted molar refractivity (Wildman–Crippen MR) is 73.6 cm³/mol. The molecule has 1 aromatic rings. The van der Waals surface area contributed by atoms with Gasteiger partial charge in [-0.2, -0.15) is 5.26 Å². The Hall–Kier alpha value is -2.00. The van der Waals surface area contributed by atoms with E-state index < -0.39 is 28.6 Å². The van der Waals surface area contributed by atoms with E-state index >= 15 is 0 Å². The molecule has 1 saturated heterocycles. The first-order valence-corrected chi connectivity index (χ1v) is 6.75. The number of aryl methyl sites for hydroxylation is 1. The summed E-state index contributed by atoms with van der Waals surface area (Å²) in [4.78, 5) is 14.2. The summed E-state index contributed by atoms with van der Waals surface area (Å²) in [5.41, 5.74) is -1.49. The van der Waals surface area contributed by atoms with Gasteiger partial charge in [0.05, 0.1) is 6.07 Å². The summed E-state index contributed by atoms with van der Waals surface area (Å²) in [6.07, 6.45) is 0.863. The molecular weight excluding hydrogens is 276 g/mol. The van der Waals surface area contributed by atoms with E-state index in [1.807, 2.05) is 11.9 Å². The highest BCUT2D eigenvalue weighted by Gasteiger charge is 2.36. The second kappa shape index (κ2) is 5.78. The second-order valence-electron chi connectivity index (χ2n) is 5.50. The topological polar surface area (TPSA) is 56.1 Å². The van der Waals surface area contributed by atoms with Crippen molar-refractivity contribution in [2.75, 3.05) is 20.1 Å². The number of hydrogen-bond donors (Lipinski definition) is 1. The van der Waals surface area contributed by atoms with Gasteiger partial charge in [0.15, 0.2) is 0 Å². The van der Waals surface area contributed by atoms with E-state index in [0.717, 1.165) is 6.07 Å². The van der Waals surface area contributed by atoms with Crippen molar-refractivity contribution in [1.29, 1.82) is 5.26 Å². The van der Waals surface area contributed by atoms with Crippen molar-refractivity contribution in [3.63, 3.8) is 0 Å². The zero-order valence-corrected chi connectivity index (χ0v) is 12.0. The molecule has 6 heteroatoms. The normalized spacial score (nSPS) is 18.0. The van der Waals surface area contributed by atoms with Gasteiger partial charge in [0.1, 0.15) is 22.7 Å². The number of halogens is 2. The molecule has 1 N–H and O–H groups in total. The zero-order chi connectivity index (χ0) is 15.6. The number of carbonyl (C=O) groups is 1. The van der Waals surface area contributed by atoms with Crippen LogP contribution in [0.25, 0.3) is 0 Å². The van der Waals surface area contributed by atoms with Crippen LogP contribution in [0.1, 0.15) is 28.8 Å². The van der Waals surface area contributed by atoms with Gasteiger partial charge in [-0.25, -0.2) is 8.78 Å². The summed E-state index contributed by atoms with van der Waals surface area (Å²) in [6, 6.07) is 4.42. The molecule has 0 unspecified atom stereocenters. The first kappa shape index (κ1) is 15.4. The van der Waals surface area contributed by atoms with Crippen LogP contribution in [0.3, 0.4) is 0 Å². The maximum atomic E-state index is 14.0. The van der Waals surface area contributed by atoms with Crippen LogP contribution in [-0.4, -0.2) is 36.5 Å². The van der Waals surface area contributed by atoms with Crippen LogP contribution in [0.4, 0.5) is 8.78 Å². The zero-order valence-electron chi connectivity index (χ0n) is 12.0. The fourth-order valence-electron chi connectivity index (χ4n) is 2.41. The largest absolute Gasteiger partial charge is 0.333 e. The van der Waals surface area contributed by atoms with Crippen LogP contribution in [-0.2, 0) is 0 Å². The van der Waals surface area contributed by atoms with Gasteiger partial charge in [0, 0.05) is 13.1 Å². The highest BCUT2D eigenvalue weighted by molar-refractivity contribution is 5.95. The Bertz CT molecular complexity index is 602. The van der Waals surface area contributed by atoms with Crippen LogP contribution in [0.5, 0.6) is 0 Å². The minimum absolute atomic E-state index is 0.191. The van der Waals surface area contributed by atoms with Crippen molar-refractivity contribution >= 4 is 5.91 Å². The van der Waals surface area contributed by atoms with Gasteiger partial charge in [-0.15, -0.1) is 0 Å². The second-order valence-corrected chi connectivity index (χ2v) is 5.50. The van der Waals surface area contributed by atoms with Crippen molar-refractivity contribution < 1.29 is 13.6 Å². The summed E-state index contributed by atoms with van der Waals surface area (Å²) in [7, 11) is 1.92. The third-order valence-corrected chi connectivity index (χ3v) is 3.92. The SMILES string of the molecule is Cc1ccc(F)c(C(=O)NC2(C#N)CCN(C)CC2)c1F. The molecule has 112 valence electrons. The molecule has 0 atom stereocenters. The van der Waals surface area contributed by atoms with E-state index in [4.69, 9.17) is 0 Å². The molecule has 0 spiro atoms. The van der Waals surface area contributed by atoms with Gasteiger partial charge in [-0.05, 0) is 38.4 Å². The Morgan fingerprint density at radius 2 is 2.00 bits per heavy atom. The van der Waals surface area contributed by atoms with Crippen molar-refractivity contribution in [2.24, 2.45) is 0 Å². The molecule has 0 aromatic heterocycles. The molecular formula is C15H17F2N3O. The van der Waals surface area contributed by atoms with Gasteiger partial charge in [-0.1, -0.05) is 6.07 Å². The molecule has 0 bridgehead atoms. The van der Waals surface area contributed by atoms with Gasteiger partial charge in [0.25, 0.3) is 5.91 Å². The van der Waals surface area contributed by atoms with Crippen LogP contribution < -0.4 is 5.32 Å². The first-order valence-electron chi connectivity index (χ1n) is 6.75. The minimum Gasteiger partial charge on any atom is -0.333 e. The molecule has 4 nitrogen and oxygen atoms in total. The molecule has 1 amide bonds. The summed E-state index contributed by atoms with van der Waals surface area (Å²) >= 11 is 0. The van der Waals surface area contributed by atoms with Crippen molar-refractivity contribution in [3.05, 3.63) is 34.9 Å². The van der Waals surface area contributed by atoms with Gasteiger partial charge >= 0.3 is 0 Å². The number of nitriles is 1. The lowest BCUT2D eigenvalue weighted by Crippen LogP contribution is -2.54. The molecule has 0 aliphatic carbocycles. The fourth-order valence-corrected chi connectivity index (χ4v) is 2.41. The first-order chi connectivity index (χ1) is 9.88. The Morgan fingerprint density at radius 1 is 1.38 bits per heavy atom. The third kappa shape index (κ3) is 3.03. The van der Waals surface area contributed by atoms with E-state index in [0.29, 0.717) is 25.9 Å².